The molecule has 0 spiro atoms. The Bertz CT molecular complexity index is 914. The van der Waals surface area contributed by atoms with Crippen LogP contribution in [0, 0.1) is 17.2 Å². The van der Waals surface area contributed by atoms with Crippen LogP contribution in [-0.2, 0) is 9.53 Å². The number of carbonyl (C=O) groups is 2. The molecule has 5 nitrogen and oxygen atoms in total. The van der Waals surface area contributed by atoms with Crippen LogP contribution in [0.25, 0.3) is 0 Å². The number of nitriles is 1. The Morgan fingerprint density at radius 3 is 2.45 bits per heavy atom. The van der Waals surface area contributed by atoms with Crippen LogP contribution < -0.4 is 5.32 Å². The Kier molecular flexibility index (Phi) is 7.31. The summed E-state index contributed by atoms with van der Waals surface area (Å²) in [5, 5.41) is 12.2. The third kappa shape index (κ3) is 5.85. The van der Waals surface area contributed by atoms with E-state index in [2.05, 4.69) is 18.3 Å². The number of hydrogen-bond acceptors (Lipinski definition) is 5. The van der Waals surface area contributed by atoms with Gasteiger partial charge in [-0.2, -0.15) is 5.26 Å². The Hall–Kier alpha value is -2.78. The standard InChI is InChI=1S/C23H24N2O3S/c1-16-10-12-18(13-11-16)25-22(26)15-28-23(27)19-7-3-5-9-21(19)29-20-8-4-2-6-17(20)14-24/h2-9,16,18H,10-13,15H2,1H3,(H,25,26). The normalized spacial score (nSPS) is 18.5. The summed E-state index contributed by atoms with van der Waals surface area (Å²) in [6.45, 7) is 1.93. The van der Waals surface area contributed by atoms with Crippen LogP contribution in [0.2, 0.25) is 0 Å². The molecule has 1 aliphatic carbocycles. The number of hydrogen-bond donors (Lipinski definition) is 1. The summed E-state index contributed by atoms with van der Waals surface area (Å²) in [5.41, 5.74) is 0.923. The molecule has 6 heteroatoms. The Balaban J connectivity index is 1.60. The van der Waals surface area contributed by atoms with E-state index < -0.39 is 5.97 Å². The van der Waals surface area contributed by atoms with Crippen LogP contribution in [-0.4, -0.2) is 24.5 Å². The van der Waals surface area contributed by atoms with E-state index in [0.29, 0.717) is 21.9 Å². The van der Waals surface area contributed by atoms with Crippen LogP contribution in [0.5, 0.6) is 0 Å². The van der Waals surface area contributed by atoms with E-state index in [1.54, 1.807) is 30.3 Å². The molecule has 0 heterocycles. The fraction of sp³-hybridized carbons (Fsp3) is 0.348. The van der Waals surface area contributed by atoms with Crippen molar-refractivity contribution in [2.45, 2.75) is 48.4 Å². The highest BCUT2D eigenvalue weighted by molar-refractivity contribution is 7.99. The first kappa shape index (κ1) is 20.9. The van der Waals surface area contributed by atoms with Crippen LogP contribution in [0.4, 0.5) is 0 Å². The molecule has 1 fully saturated rings. The van der Waals surface area contributed by atoms with Gasteiger partial charge in [0.25, 0.3) is 5.91 Å². The van der Waals surface area contributed by atoms with E-state index in [1.165, 1.54) is 11.8 Å². The molecule has 1 N–H and O–H groups in total. The molecule has 1 saturated carbocycles. The van der Waals surface area contributed by atoms with Gasteiger partial charge in [-0.05, 0) is 55.9 Å². The van der Waals surface area contributed by atoms with E-state index in [1.807, 2.05) is 18.2 Å². The lowest BCUT2D eigenvalue weighted by Gasteiger charge is -2.26. The van der Waals surface area contributed by atoms with Gasteiger partial charge in [0.1, 0.15) is 6.07 Å². The number of nitrogens with zero attached hydrogens (tertiary/aromatic N) is 1. The van der Waals surface area contributed by atoms with Crippen molar-refractivity contribution in [3.8, 4) is 6.07 Å². The molecule has 1 aliphatic rings. The molecule has 1 amide bonds. The lowest BCUT2D eigenvalue weighted by molar-refractivity contribution is -0.125. The third-order valence-electron chi connectivity index (χ3n) is 5.05. The predicted octanol–water partition coefficient (Wildman–Crippen LogP) is 4.56. The molecule has 0 atom stereocenters. The summed E-state index contributed by atoms with van der Waals surface area (Å²) < 4.78 is 5.26. The molecule has 0 unspecified atom stereocenters. The maximum absolute atomic E-state index is 12.6. The number of benzene rings is 2. The SMILES string of the molecule is CC1CCC(NC(=O)COC(=O)c2ccccc2Sc2ccccc2C#N)CC1. The molecule has 150 valence electrons. The predicted molar refractivity (Wildman–Crippen MR) is 112 cm³/mol. The van der Waals surface area contributed by atoms with Crippen molar-refractivity contribution in [3.63, 3.8) is 0 Å². The van der Waals surface area contributed by atoms with E-state index >= 15 is 0 Å². The molecule has 0 radical (unpaired) electrons. The summed E-state index contributed by atoms with van der Waals surface area (Å²) in [6, 6.07) is 16.6. The summed E-state index contributed by atoms with van der Waals surface area (Å²) >= 11 is 1.33. The van der Waals surface area contributed by atoms with Crippen LogP contribution in [0.3, 0.4) is 0 Å². The maximum atomic E-state index is 12.6. The van der Waals surface area contributed by atoms with Crippen LogP contribution in [0.15, 0.2) is 58.3 Å². The molecule has 0 aromatic heterocycles. The van der Waals surface area contributed by atoms with Gasteiger partial charge in [0.2, 0.25) is 0 Å². The van der Waals surface area contributed by atoms with Gasteiger partial charge in [-0.25, -0.2) is 4.79 Å². The monoisotopic (exact) mass is 408 g/mol. The zero-order valence-electron chi connectivity index (χ0n) is 16.4. The lowest BCUT2D eigenvalue weighted by atomic mass is 9.87. The van der Waals surface area contributed by atoms with E-state index in [9.17, 15) is 14.9 Å². The second-order valence-electron chi connectivity index (χ2n) is 7.31. The van der Waals surface area contributed by atoms with Gasteiger partial charge < -0.3 is 10.1 Å². The average molecular weight is 409 g/mol. The van der Waals surface area contributed by atoms with Crippen molar-refractivity contribution in [2.75, 3.05) is 6.61 Å². The first-order valence-electron chi connectivity index (χ1n) is 9.79. The number of ether oxygens (including phenoxy) is 1. The summed E-state index contributed by atoms with van der Waals surface area (Å²) in [4.78, 5) is 26.2. The van der Waals surface area contributed by atoms with Crippen molar-refractivity contribution >= 4 is 23.6 Å². The zero-order valence-corrected chi connectivity index (χ0v) is 17.2. The van der Waals surface area contributed by atoms with Gasteiger partial charge in [-0.3, -0.25) is 4.79 Å². The second kappa shape index (κ2) is 10.1. The molecular weight excluding hydrogens is 384 g/mol. The van der Waals surface area contributed by atoms with E-state index in [0.717, 1.165) is 30.6 Å². The first-order valence-corrected chi connectivity index (χ1v) is 10.6. The number of carbonyl (C=O) groups excluding carboxylic acids is 2. The highest BCUT2D eigenvalue weighted by Gasteiger charge is 2.21. The molecular formula is C23H24N2O3S. The highest BCUT2D eigenvalue weighted by atomic mass is 32.2. The van der Waals surface area contributed by atoms with Crippen molar-refractivity contribution in [2.24, 2.45) is 5.92 Å². The quantitative estimate of drug-likeness (QED) is 0.709. The first-order chi connectivity index (χ1) is 14.1. The number of esters is 1. The minimum absolute atomic E-state index is 0.169. The Morgan fingerprint density at radius 2 is 1.72 bits per heavy atom. The largest absolute Gasteiger partial charge is 0.452 e. The summed E-state index contributed by atoms with van der Waals surface area (Å²) in [6.07, 6.45) is 4.16. The van der Waals surface area contributed by atoms with Crippen molar-refractivity contribution in [1.82, 2.24) is 5.32 Å². The smallest absolute Gasteiger partial charge is 0.339 e. The summed E-state index contributed by atoms with van der Waals surface area (Å²) in [7, 11) is 0. The molecule has 29 heavy (non-hydrogen) atoms. The Morgan fingerprint density at radius 1 is 1.07 bits per heavy atom. The van der Waals surface area contributed by atoms with Crippen molar-refractivity contribution in [3.05, 3.63) is 59.7 Å². The number of rotatable bonds is 6. The third-order valence-corrected chi connectivity index (χ3v) is 6.20. The van der Waals surface area contributed by atoms with Gasteiger partial charge in [0.15, 0.2) is 6.61 Å². The zero-order chi connectivity index (χ0) is 20.6. The minimum Gasteiger partial charge on any atom is -0.452 e. The maximum Gasteiger partial charge on any atom is 0.339 e. The fourth-order valence-corrected chi connectivity index (χ4v) is 4.39. The van der Waals surface area contributed by atoms with Gasteiger partial charge in [0, 0.05) is 15.8 Å². The highest BCUT2D eigenvalue weighted by Crippen LogP contribution is 2.32. The van der Waals surface area contributed by atoms with Gasteiger partial charge >= 0.3 is 5.97 Å². The Labute approximate surface area is 175 Å². The number of amides is 1. The molecule has 0 aliphatic heterocycles. The molecule has 0 bridgehead atoms. The van der Waals surface area contributed by atoms with Crippen LogP contribution >= 0.6 is 11.8 Å². The molecule has 0 saturated heterocycles. The fourth-order valence-electron chi connectivity index (χ4n) is 3.37. The van der Waals surface area contributed by atoms with Crippen molar-refractivity contribution < 1.29 is 14.3 Å². The topological polar surface area (TPSA) is 79.2 Å². The van der Waals surface area contributed by atoms with Gasteiger partial charge in [0.05, 0.1) is 11.1 Å². The van der Waals surface area contributed by atoms with Gasteiger partial charge in [-0.1, -0.05) is 43.0 Å². The summed E-state index contributed by atoms with van der Waals surface area (Å²) in [5.74, 6) is -0.103. The lowest BCUT2D eigenvalue weighted by Crippen LogP contribution is -2.39. The van der Waals surface area contributed by atoms with Crippen LogP contribution in [0.1, 0.15) is 48.5 Å². The van der Waals surface area contributed by atoms with Crippen molar-refractivity contribution in [1.29, 1.82) is 5.26 Å². The second-order valence-corrected chi connectivity index (χ2v) is 8.39. The average Bonchev–Trinajstić information content (AvgIpc) is 2.74. The minimum atomic E-state index is -0.546. The van der Waals surface area contributed by atoms with E-state index in [-0.39, 0.29) is 18.6 Å². The van der Waals surface area contributed by atoms with Gasteiger partial charge in [-0.15, -0.1) is 0 Å². The molecule has 2 aromatic carbocycles. The number of nitrogens with one attached hydrogen (secondary N) is 1. The van der Waals surface area contributed by atoms with E-state index in [4.69, 9.17) is 4.74 Å². The molecule has 3 rings (SSSR count). The molecule has 2 aromatic rings.